The zero-order chi connectivity index (χ0) is 18.7. The fourth-order valence-electron chi connectivity index (χ4n) is 2.47. The second kappa shape index (κ2) is 6.94. The van der Waals surface area contributed by atoms with Crippen LogP contribution in [-0.4, -0.2) is 15.0 Å². The van der Waals surface area contributed by atoms with Gasteiger partial charge in [0.05, 0.1) is 11.6 Å². The highest BCUT2D eigenvalue weighted by Gasteiger charge is 2.11. The van der Waals surface area contributed by atoms with Gasteiger partial charge in [-0.2, -0.15) is 20.2 Å². The van der Waals surface area contributed by atoms with Crippen molar-refractivity contribution in [1.82, 2.24) is 15.0 Å². The van der Waals surface area contributed by atoms with E-state index in [0.29, 0.717) is 22.7 Å². The second-order valence-corrected chi connectivity index (χ2v) is 5.70. The zero-order valence-electron chi connectivity index (χ0n) is 14.3. The number of aromatic nitrogens is 3. The molecule has 0 saturated heterocycles. The minimum absolute atomic E-state index is 0.0249. The Morgan fingerprint density at radius 3 is 2.27 bits per heavy atom. The van der Waals surface area contributed by atoms with Gasteiger partial charge in [-0.05, 0) is 61.4 Å². The summed E-state index contributed by atoms with van der Waals surface area (Å²) in [5, 5.41) is 11.9. The third kappa shape index (κ3) is 3.79. The molecule has 1 heterocycles. The molecule has 0 saturated carbocycles. The number of nitrogen functional groups attached to an aromatic ring is 2. The lowest BCUT2D eigenvalue weighted by molar-refractivity contribution is 0.435. The molecule has 0 bridgehead atoms. The molecule has 0 aliphatic heterocycles. The SMILES string of the molecule is Cc1cc(N)cc(C)c1Oc1nc(N)nc(Nc2ccc(C#N)cc2)n1. The molecule has 5 N–H and O–H groups in total. The maximum Gasteiger partial charge on any atom is 0.328 e. The predicted octanol–water partition coefficient (Wildman–Crippen LogP) is 3.06. The fraction of sp³-hybridized carbons (Fsp3) is 0.111. The molecule has 3 rings (SSSR count). The quantitative estimate of drug-likeness (QED) is 0.613. The third-order valence-corrected chi connectivity index (χ3v) is 3.58. The summed E-state index contributed by atoms with van der Waals surface area (Å²) in [5.74, 6) is 0.883. The van der Waals surface area contributed by atoms with Gasteiger partial charge in [-0.1, -0.05) is 0 Å². The first-order valence-corrected chi connectivity index (χ1v) is 7.78. The Bertz CT molecular complexity index is 970. The standard InChI is InChI=1S/C18H17N7O/c1-10-7-13(20)8-11(2)15(10)26-18-24-16(21)23-17(25-18)22-14-5-3-12(9-19)4-6-14/h3-8H,20H2,1-2H3,(H3,21,22,23,24,25). The first kappa shape index (κ1) is 17.0. The largest absolute Gasteiger partial charge is 0.424 e. The summed E-state index contributed by atoms with van der Waals surface area (Å²) in [6.07, 6.45) is 0. The number of hydrogen-bond donors (Lipinski definition) is 3. The smallest absolute Gasteiger partial charge is 0.328 e. The number of anilines is 4. The van der Waals surface area contributed by atoms with E-state index in [1.807, 2.05) is 26.0 Å². The van der Waals surface area contributed by atoms with Gasteiger partial charge in [0.25, 0.3) is 0 Å². The first-order chi connectivity index (χ1) is 12.4. The summed E-state index contributed by atoms with van der Waals surface area (Å²) < 4.78 is 5.81. The van der Waals surface area contributed by atoms with E-state index >= 15 is 0 Å². The highest BCUT2D eigenvalue weighted by molar-refractivity contribution is 5.56. The number of aryl methyl sites for hydroxylation is 2. The van der Waals surface area contributed by atoms with E-state index in [9.17, 15) is 0 Å². The predicted molar refractivity (Wildman–Crippen MR) is 99.1 cm³/mol. The van der Waals surface area contributed by atoms with Crippen LogP contribution in [0, 0.1) is 25.2 Å². The topological polar surface area (TPSA) is 136 Å². The van der Waals surface area contributed by atoms with Crippen LogP contribution in [0.1, 0.15) is 16.7 Å². The molecular formula is C18H17N7O. The van der Waals surface area contributed by atoms with Crippen LogP contribution in [0.5, 0.6) is 11.8 Å². The molecule has 0 amide bonds. The molecule has 0 radical (unpaired) electrons. The number of rotatable bonds is 4. The van der Waals surface area contributed by atoms with E-state index in [1.165, 1.54) is 0 Å². The summed E-state index contributed by atoms with van der Waals surface area (Å²) in [6.45, 7) is 3.78. The normalized spacial score (nSPS) is 10.2. The van der Waals surface area contributed by atoms with E-state index in [0.717, 1.165) is 11.1 Å². The third-order valence-electron chi connectivity index (χ3n) is 3.58. The minimum Gasteiger partial charge on any atom is -0.424 e. The minimum atomic E-state index is 0.0249. The van der Waals surface area contributed by atoms with Gasteiger partial charge in [0.15, 0.2) is 0 Å². The van der Waals surface area contributed by atoms with Crippen LogP contribution < -0.4 is 21.5 Å². The van der Waals surface area contributed by atoms with Gasteiger partial charge in [-0.3, -0.25) is 0 Å². The van der Waals surface area contributed by atoms with Gasteiger partial charge in [0.1, 0.15) is 5.75 Å². The number of hydrogen-bond acceptors (Lipinski definition) is 8. The van der Waals surface area contributed by atoms with Crippen LogP contribution in [0.15, 0.2) is 36.4 Å². The average Bonchev–Trinajstić information content (AvgIpc) is 2.58. The number of ether oxygens (including phenoxy) is 1. The van der Waals surface area contributed by atoms with Gasteiger partial charge in [0.2, 0.25) is 11.9 Å². The lowest BCUT2D eigenvalue weighted by atomic mass is 10.1. The summed E-state index contributed by atoms with van der Waals surface area (Å²) in [4.78, 5) is 12.3. The van der Waals surface area contributed by atoms with Crippen molar-refractivity contribution >= 4 is 23.3 Å². The van der Waals surface area contributed by atoms with Gasteiger partial charge >= 0.3 is 6.01 Å². The van der Waals surface area contributed by atoms with Crippen molar-refractivity contribution in [1.29, 1.82) is 5.26 Å². The van der Waals surface area contributed by atoms with E-state index < -0.39 is 0 Å². The van der Waals surface area contributed by atoms with Crippen LogP contribution in [0.3, 0.4) is 0 Å². The van der Waals surface area contributed by atoms with Crippen molar-refractivity contribution in [3.05, 3.63) is 53.1 Å². The maximum absolute atomic E-state index is 8.85. The second-order valence-electron chi connectivity index (χ2n) is 5.70. The highest BCUT2D eigenvalue weighted by Crippen LogP contribution is 2.29. The average molecular weight is 347 g/mol. The molecule has 0 atom stereocenters. The Hall–Kier alpha value is -3.86. The molecule has 26 heavy (non-hydrogen) atoms. The van der Waals surface area contributed by atoms with Crippen molar-refractivity contribution in [2.45, 2.75) is 13.8 Å². The Kier molecular flexibility index (Phi) is 4.53. The molecule has 1 aromatic heterocycles. The summed E-state index contributed by atoms with van der Waals surface area (Å²) in [6, 6.07) is 12.6. The van der Waals surface area contributed by atoms with Crippen molar-refractivity contribution in [2.75, 3.05) is 16.8 Å². The molecule has 0 aliphatic rings. The molecule has 2 aromatic carbocycles. The summed E-state index contributed by atoms with van der Waals surface area (Å²) >= 11 is 0. The maximum atomic E-state index is 8.85. The van der Waals surface area contributed by atoms with Crippen molar-refractivity contribution in [3.63, 3.8) is 0 Å². The molecule has 0 aliphatic carbocycles. The van der Waals surface area contributed by atoms with Gasteiger partial charge in [-0.15, -0.1) is 0 Å². The highest BCUT2D eigenvalue weighted by atomic mass is 16.5. The molecule has 8 nitrogen and oxygen atoms in total. The van der Waals surface area contributed by atoms with E-state index in [4.69, 9.17) is 21.5 Å². The zero-order valence-corrected chi connectivity index (χ0v) is 14.3. The van der Waals surface area contributed by atoms with E-state index in [-0.39, 0.29) is 17.9 Å². The van der Waals surface area contributed by atoms with Gasteiger partial charge in [0, 0.05) is 11.4 Å². The number of nitrogens with two attached hydrogens (primary N) is 2. The van der Waals surface area contributed by atoms with Crippen molar-refractivity contribution in [2.24, 2.45) is 0 Å². The molecule has 0 fully saturated rings. The Morgan fingerprint density at radius 1 is 1.00 bits per heavy atom. The molecule has 130 valence electrons. The van der Waals surface area contributed by atoms with Crippen LogP contribution in [0.4, 0.5) is 23.3 Å². The van der Waals surface area contributed by atoms with Crippen LogP contribution in [-0.2, 0) is 0 Å². The number of benzene rings is 2. The Labute approximate surface area is 150 Å². The van der Waals surface area contributed by atoms with Crippen LogP contribution in [0.25, 0.3) is 0 Å². The Morgan fingerprint density at radius 2 is 1.65 bits per heavy atom. The van der Waals surface area contributed by atoms with Crippen LogP contribution in [0.2, 0.25) is 0 Å². The van der Waals surface area contributed by atoms with Gasteiger partial charge in [-0.25, -0.2) is 0 Å². The summed E-state index contributed by atoms with van der Waals surface area (Å²) in [5.41, 5.74) is 15.3. The summed E-state index contributed by atoms with van der Waals surface area (Å²) in [7, 11) is 0. The Balaban J connectivity index is 1.87. The molecule has 3 aromatic rings. The van der Waals surface area contributed by atoms with Gasteiger partial charge < -0.3 is 21.5 Å². The van der Waals surface area contributed by atoms with Crippen molar-refractivity contribution in [3.8, 4) is 17.8 Å². The lowest BCUT2D eigenvalue weighted by Crippen LogP contribution is -2.06. The molecule has 0 spiro atoms. The van der Waals surface area contributed by atoms with E-state index in [2.05, 4.69) is 26.3 Å². The fourth-order valence-corrected chi connectivity index (χ4v) is 2.47. The molecular weight excluding hydrogens is 330 g/mol. The number of nitriles is 1. The van der Waals surface area contributed by atoms with Crippen LogP contribution >= 0.6 is 0 Å². The first-order valence-electron chi connectivity index (χ1n) is 7.78. The number of nitrogens with one attached hydrogen (secondary N) is 1. The van der Waals surface area contributed by atoms with Crippen molar-refractivity contribution < 1.29 is 4.74 Å². The lowest BCUT2D eigenvalue weighted by Gasteiger charge is -2.12. The van der Waals surface area contributed by atoms with E-state index in [1.54, 1.807) is 24.3 Å². The monoisotopic (exact) mass is 347 g/mol. The molecule has 0 unspecified atom stereocenters. The molecule has 8 heteroatoms. The number of nitrogens with zero attached hydrogens (tertiary/aromatic N) is 4.